The molecular formula is C21H23BrN2O2. The van der Waals surface area contributed by atoms with E-state index in [0.29, 0.717) is 0 Å². The number of nitrogens with one attached hydrogen (secondary N) is 1. The van der Waals surface area contributed by atoms with Gasteiger partial charge in [0.15, 0.2) is 11.5 Å². The van der Waals surface area contributed by atoms with Gasteiger partial charge in [-0.2, -0.15) is 0 Å². The Morgan fingerprint density at radius 3 is 2.65 bits per heavy atom. The number of fused-ring (bicyclic) bond motifs is 3. The van der Waals surface area contributed by atoms with Gasteiger partial charge in [0.1, 0.15) is 0 Å². The van der Waals surface area contributed by atoms with Crippen LogP contribution >= 0.6 is 15.9 Å². The van der Waals surface area contributed by atoms with Gasteiger partial charge in [-0.3, -0.25) is 0 Å². The van der Waals surface area contributed by atoms with E-state index in [0.717, 1.165) is 35.4 Å². The van der Waals surface area contributed by atoms with Crippen molar-refractivity contribution in [2.24, 2.45) is 7.05 Å². The van der Waals surface area contributed by atoms with Crippen LogP contribution in [0.15, 0.2) is 40.9 Å². The van der Waals surface area contributed by atoms with Crippen molar-refractivity contribution in [3.05, 3.63) is 57.7 Å². The molecule has 0 aliphatic carbocycles. The number of aryl methyl sites for hydroxylation is 1. The van der Waals surface area contributed by atoms with E-state index < -0.39 is 0 Å². The Bertz CT molecular complexity index is 964. The average molecular weight is 415 g/mol. The number of para-hydroxylation sites is 1. The van der Waals surface area contributed by atoms with Gasteiger partial charge in [0.2, 0.25) is 0 Å². The molecule has 2 heterocycles. The van der Waals surface area contributed by atoms with Gasteiger partial charge in [-0.15, -0.1) is 0 Å². The molecule has 5 heteroatoms. The minimum Gasteiger partial charge on any atom is -0.493 e. The number of hydrogen-bond acceptors (Lipinski definition) is 3. The smallest absolute Gasteiger partial charge is 0.161 e. The summed E-state index contributed by atoms with van der Waals surface area (Å²) in [5.41, 5.74) is 5.37. The maximum atomic E-state index is 5.49. The average Bonchev–Trinajstić information content (AvgIpc) is 2.97. The van der Waals surface area contributed by atoms with Gasteiger partial charge >= 0.3 is 0 Å². The number of nitrogens with zero attached hydrogens (tertiary/aromatic N) is 1. The molecule has 4 rings (SSSR count). The highest BCUT2D eigenvalue weighted by Gasteiger charge is 2.27. The SMILES string of the molecule is COc1cc(Br)c(CC2NCCc3c2n(C)c2ccccc32)cc1OC. The van der Waals surface area contributed by atoms with Crippen LogP contribution in [-0.2, 0) is 19.9 Å². The van der Waals surface area contributed by atoms with Gasteiger partial charge < -0.3 is 19.4 Å². The first-order valence-corrected chi connectivity index (χ1v) is 9.63. The van der Waals surface area contributed by atoms with Gasteiger partial charge in [0.25, 0.3) is 0 Å². The highest BCUT2D eigenvalue weighted by Crippen LogP contribution is 2.38. The fraction of sp³-hybridized carbons (Fsp3) is 0.333. The summed E-state index contributed by atoms with van der Waals surface area (Å²) in [6, 6.07) is 13.0. The van der Waals surface area contributed by atoms with E-state index in [9.17, 15) is 0 Å². The topological polar surface area (TPSA) is 35.4 Å². The van der Waals surface area contributed by atoms with Crippen LogP contribution < -0.4 is 14.8 Å². The number of hydrogen-bond donors (Lipinski definition) is 1. The van der Waals surface area contributed by atoms with Crippen molar-refractivity contribution in [3.8, 4) is 11.5 Å². The minimum absolute atomic E-state index is 0.269. The Kier molecular flexibility index (Phi) is 4.67. The largest absolute Gasteiger partial charge is 0.493 e. The van der Waals surface area contributed by atoms with Crippen molar-refractivity contribution in [2.75, 3.05) is 20.8 Å². The monoisotopic (exact) mass is 414 g/mol. The third-order valence-electron chi connectivity index (χ3n) is 5.33. The number of methoxy groups -OCH3 is 2. The molecule has 2 aromatic carbocycles. The van der Waals surface area contributed by atoms with Crippen molar-refractivity contribution in [1.82, 2.24) is 9.88 Å². The second-order valence-corrected chi connectivity index (χ2v) is 7.55. The van der Waals surface area contributed by atoms with Gasteiger partial charge in [-0.05, 0) is 48.7 Å². The molecule has 0 spiro atoms. The molecule has 0 saturated carbocycles. The number of benzene rings is 2. The quantitative estimate of drug-likeness (QED) is 0.687. The number of halogens is 1. The predicted octanol–water partition coefficient (Wildman–Crippen LogP) is 4.39. The fourth-order valence-corrected chi connectivity index (χ4v) is 4.59. The summed E-state index contributed by atoms with van der Waals surface area (Å²) in [5.74, 6) is 1.50. The summed E-state index contributed by atoms with van der Waals surface area (Å²) >= 11 is 3.70. The van der Waals surface area contributed by atoms with Crippen LogP contribution in [0.3, 0.4) is 0 Å². The highest BCUT2D eigenvalue weighted by atomic mass is 79.9. The molecular weight excluding hydrogens is 392 g/mol. The number of ether oxygens (including phenoxy) is 2. The zero-order valence-corrected chi connectivity index (χ0v) is 16.9. The number of aromatic nitrogens is 1. The van der Waals surface area contributed by atoms with Crippen LogP contribution in [-0.4, -0.2) is 25.3 Å². The van der Waals surface area contributed by atoms with Gasteiger partial charge in [0.05, 0.1) is 20.3 Å². The van der Waals surface area contributed by atoms with Crippen LogP contribution in [0, 0.1) is 0 Å². The van der Waals surface area contributed by atoms with E-state index in [2.05, 4.69) is 63.2 Å². The molecule has 4 nitrogen and oxygen atoms in total. The first-order valence-electron chi connectivity index (χ1n) is 8.84. The predicted molar refractivity (Wildman–Crippen MR) is 108 cm³/mol. The van der Waals surface area contributed by atoms with E-state index in [1.807, 2.05) is 6.07 Å². The van der Waals surface area contributed by atoms with Crippen molar-refractivity contribution in [3.63, 3.8) is 0 Å². The molecule has 1 atom stereocenters. The zero-order chi connectivity index (χ0) is 18.3. The molecule has 1 aliphatic heterocycles. The molecule has 1 unspecified atom stereocenters. The van der Waals surface area contributed by atoms with Crippen molar-refractivity contribution in [2.45, 2.75) is 18.9 Å². The van der Waals surface area contributed by atoms with Crippen LogP contribution in [0.4, 0.5) is 0 Å². The standard InChI is InChI=1S/C21H23BrN2O2/c1-24-18-7-5-4-6-14(18)15-8-9-23-17(21(15)24)10-13-11-19(25-2)20(26-3)12-16(13)22/h4-7,11-12,17,23H,8-10H2,1-3H3. The first-order chi connectivity index (χ1) is 12.6. The van der Waals surface area contributed by atoms with Crippen LogP contribution in [0.25, 0.3) is 10.9 Å². The maximum absolute atomic E-state index is 5.49. The summed E-state index contributed by atoms with van der Waals surface area (Å²) < 4.78 is 14.3. The molecule has 0 radical (unpaired) electrons. The molecule has 3 aromatic rings. The molecule has 0 saturated heterocycles. The molecule has 0 amide bonds. The van der Waals surface area contributed by atoms with E-state index in [1.165, 1.54) is 27.7 Å². The van der Waals surface area contributed by atoms with Crippen LogP contribution in [0.5, 0.6) is 11.5 Å². The van der Waals surface area contributed by atoms with E-state index in [4.69, 9.17) is 9.47 Å². The normalized spacial score (nSPS) is 16.5. The van der Waals surface area contributed by atoms with Crippen LogP contribution in [0.2, 0.25) is 0 Å². The third-order valence-corrected chi connectivity index (χ3v) is 6.07. The third kappa shape index (κ3) is 2.79. The van der Waals surface area contributed by atoms with Crippen molar-refractivity contribution >= 4 is 26.8 Å². The molecule has 1 aromatic heterocycles. The summed E-state index contributed by atoms with van der Waals surface area (Å²) in [6.07, 6.45) is 1.96. The van der Waals surface area contributed by atoms with Gasteiger partial charge in [-0.25, -0.2) is 0 Å². The Hall–Kier alpha value is -1.98. The molecule has 1 aliphatic rings. The first kappa shape index (κ1) is 17.4. The molecule has 0 bridgehead atoms. The van der Waals surface area contributed by atoms with Gasteiger partial charge in [-0.1, -0.05) is 34.1 Å². The van der Waals surface area contributed by atoms with E-state index in [1.54, 1.807) is 14.2 Å². The number of rotatable bonds is 4. The van der Waals surface area contributed by atoms with Gasteiger partial charge in [0, 0.05) is 28.1 Å². The Labute approximate surface area is 162 Å². The lowest BCUT2D eigenvalue weighted by atomic mass is 9.94. The minimum atomic E-state index is 0.269. The molecule has 0 fully saturated rings. The Morgan fingerprint density at radius 2 is 1.88 bits per heavy atom. The lowest BCUT2D eigenvalue weighted by Crippen LogP contribution is -2.32. The summed E-state index contributed by atoms with van der Waals surface area (Å²) in [4.78, 5) is 0. The zero-order valence-electron chi connectivity index (χ0n) is 15.3. The lowest BCUT2D eigenvalue weighted by molar-refractivity contribution is 0.354. The molecule has 1 N–H and O–H groups in total. The summed E-state index contributed by atoms with van der Waals surface area (Å²) in [5, 5.41) is 5.08. The maximum Gasteiger partial charge on any atom is 0.161 e. The van der Waals surface area contributed by atoms with Crippen molar-refractivity contribution in [1.29, 1.82) is 0 Å². The van der Waals surface area contributed by atoms with E-state index >= 15 is 0 Å². The Morgan fingerprint density at radius 1 is 1.15 bits per heavy atom. The lowest BCUT2D eigenvalue weighted by Gasteiger charge is -2.27. The molecule has 136 valence electrons. The Balaban J connectivity index is 1.76. The van der Waals surface area contributed by atoms with E-state index in [-0.39, 0.29) is 6.04 Å². The van der Waals surface area contributed by atoms with Crippen molar-refractivity contribution < 1.29 is 9.47 Å². The van der Waals surface area contributed by atoms with Crippen LogP contribution in [0.1, 0.15) is 22.9 Å². The second-order valence-electron chi connectivity index (χ2n) is 6.70. The molecule has 26 heavy (non-hydrogen) atoms. The highest BCUT2D eigenvalue weighted by molar-refractivity contribution is 9.10. The summed E-state index contributed by atoms with van der Waals surface area (Å²) in [6.45, 7) is 0.997. The summed E-state index contributed by atoms with van der Waals surface area (Å²) in [7, 11) is 5.51. The second kappa shape index (κ2) is 6.97. The fourth-order valence-electron chi connectivity index (χ4n) is 4.11.